The van der Waals surface area contributed by atoms with E-state index in [-0.39, 0.29) is 54.4 Å². The molecule has 2 saturated heterocycles. The third kappa shape index (κ3) is 4.32. The fraction of sp³-hybridized carbons (Fsp3) is 0.643. The van der Waals surface area contributed by atoms with E-state index in [4.69, 9.17) is 24.3 Å². The maximum absolute atomic E-state index is 12.1. The molecule has 0 saturated carbocycles. The van der Waals surface area contributed by atoms with E-state index in [0.717, 1.165) is 0 Å². The van der Waals surface area contributed by atoms with E-state index in [2.05, 4.69) is 15.0 Å². The summed E-state index contributed by atoms with van der Waals surface area (Å²) in [6.45, 7) is 1.57. The van der Waals surface area contributed by atoms with Gasteiger partial charge in [0.1, 0.15) is 12.2 Å². The number of aliphatic imine (C=N–C) groups is 3. The van der Waals surface area contributed by atoms with Gasteiger partial charge in [-0.25, -0.2) is 4.57 Å². The van der Waals surface area contributed by atoms with Crippen molar-refractivity contribution < 1.29 is 37.6 Å². The van der Waals surface area contributed by atoms with Gasteiger partial charge in [-0.15, -0.1) is 0 Å². The van der Waals surface area contributed by atoms with Gasteiger partial charge in [-0.05, 0) is 6.42 Å². The number of hydrogen-bond acceptors (Lipinski definition) is 11. The summed E-state index contributed by atoms with van der Waals surface area (Å²) in [4.78, 5) is 46.8. The van der Waals surface area contributed by atoms with Crippen LogP contribution < -0.4 is 5.73 Å². The van der Waals surface area contributed by atoms with E-state index in [1.54, 1.807) is 0 Å². The molecular weight excluding hydrogens is 420 g/mol. The molecule has 0 aromatic heterocycles. The molecule has 15 heteroatoms. The summed E-state index contributed by atoms with van der Waals surface area (Å²) >= 11 is 0. The van der Waals surface area contributed by atoms with Crippen LogP contribution in [0.5, 0.6) is 0 Å². The first-order chi connectivity index (χ1) is 13.3. The van der Waals surface area contributed by atoms with Crippen LogP contribution in [0.2, 0.25) is 0 Å². The Morgan fingerprint density at radius 1 is 1.48 bits per heavy atom. The fourth-order valence-electron chi connectivity index (χ4n) is 3.30. The number of guanidine groups is 1. The first kappa shape index (κ1) is 22.5. The van der Waals surface area contributed by atoms with Crippen molar-refractivity contribution in [2.45, 2.75) is 50.3 Å². The molecule has 4 aliphatic rings. The van der Waals surface area contributed by atoms with Crippen molar-refractivity contribution in [1.82, 2.24) is 4.90 Å². The molecule has 13 nitrogen and oxygen atoms in total. The number of nitrogens with zero attached hydrogens (tertiary/aromatic N) is 4. The second-order valence-corrected chi connectivity index (χ2v) is 7.86. The molecule has 0 aromatic carbocycles. The molecule has 4 aliphatic heterocycles. The van der Waals surface area contributed by atoms with E-state index < -0.39 is 50.3 Å². The maximum atomic E-state index is 12.1. The predicted molar refractivity (Wildman–Crippen MR) is 98.0 cm³/mol. The minimum absolute atomic E-state index is 0. The molecule has 6 atom stereocenters. The maximum Gasteiger partial charge on any atom is 0.472 e. The van der Waals surface area contributed by atoms with Gasteiger partial charge in [0.2, 0.25) is 5.96 Å². The van der Waals surface area contributed by atoms with Gasteiger partial charge in [-0.2, -0.15) is 9.98 Å². The van der Waals surface area contributed by atoms with Gasteiger partial charge in [0, 0.05) is 36.0 Å². The summed E-state index contributed by atoms with van der Waals surface area (Å²) in [5, 5.41) is 0. The Bertz CT molecular complexity index is 850. The number of carbonyl (C=O) groups excluding carboxylic acids is 2. The van der Waals surface area contributed by atoms with Gasteiger partial charge in [0.25, 0.3) is 5.91 Å². The Hall–Kier alpha value is -1.18. The Morgan fingerprint density at radius 2 is 2.24 bits per heavy atom. The number of phosphoric ester groups is 1. The fourth-order valence-corrected chi connectivity index (χ4v) is 4.26. The number of esters is 1. The normalized spacial score (nSPS) is 37.9. The van der Waals surface area contributed by atoms with E-state index in [0.29, 0.717) is 6.42 Å². The van der Waals surface area contributed by atoms with Gasteiger partial charge in [0.15, 0.2) is 24.2 Å². The van der Waals surface area contributed by atoms with Crippen molar-refractivity contribution in [3.05, 3.63) is 0 Å². The van der Waals surface area contributed by atoms with Gasteiger partial charge in [-0.1, -0.05) is 6.92 Å². The Balaban J connectivity index is 0.00000240. The van der Waals surface area contributed by atoms with Crippen LogP contribution in [0.1, 0.15) is 19.8 Å². The molecule has 0 bridgehead atoms. The third-order valence-corrected chi connectivity index (χ3v) is 5.46. The first-order valence-corrected chi connectivity index (χ1v) is 10.1. The molecule has 29 heavy (non-hydrogen) atoms. The van der Waals surface area contributed by atoms with Crippen molar-refractivity contribution in [2.24, 2.45) is 20.7 Å². The Kier molecular flexibility index (Phi) is 6.61. The van der Waals surface area contributed by atoms with E-state index in [1.807, 2.05) is 6.92 Å². The molecule has 0 spiro atoms. The average Bonchev–Trinajstić information content (AvgIpc) is 3.16. The van der Waals surface area contributed by atoms with Crippen LogP contribution in [0, 0.1) is 0 Å². The topological polar surface area (TPSA) is 175 Å². The summed E-state index contributed by atoms with van der Waals surface area (Å²) < 4.78 is 33.1. The molecule has 0 aliphatic carbocycles. The minimum Gasteiger partial charge on any atom is -0.455 e. The van der Waals surface area contributed by atoms with Crippen LogP contribution in [0.4, 0.5) is 0 Å². The number of hydrogen-bond donors (Lipinski definition) is 2. The SMILES string of the molecule is CCCC(=O)OC1C2OP(=O)(O)OCC2OC1N1C=NC2C(=O)N=C(N)N=C21.[Na]. The standard InChI is InChI=1S/C14H18N5O8P.Na/c1-2-3-7(20)26-10-9-6(4-24-28(22,23)27-9)25-13(10)19-5-16-8-11(19)17-14(15)18-12(8)21;/h5-6,8-10,13H,2-4H2,1H3,(H,22,23)(H2,15,18,21);. The Labute approximate surface area is 187 Å². The molecule has 4 heterocycles. The zero-order chi connectivity index (χ0) is 20.1. The summed E-state index contributed by atoms with van der Waals surface area (Å²) in [5.74, 6) is -1.19. The van der Waals surface area contributed by atoms with Crippen molar-refractivity contribution in [1.29, 1.82) is 0 Å². The number of fused-ring (bicyclic) bond motifs is 2. The molecule has 6 unspecified atom stereocenters. The van der Waals surface area contributed by atoms with Crippen LogP contribution in [0.15, 0.2) is 15.0 Å². The van der Waals surface area contributed by atoms with E-state index >= 15 is 0 Å². The molecule has 4 rings (SSSR count). The molecule has 1 amide bonds. The zero-order valence-electron chi connectivity index (χ0n) is 15.7. The second kappa shape index (κ2) is 8.52. The number of rotatable bonds is 4. The van der Waals surface area contributed by atoms with Crippen LogP contribution >= 0.6 is 7.82 Å². The molecule has 2 fully saturated rings. The molecule has 1 radical (unpaired) electrons. The number of amides is 1. The first-order valence-electron chi connectivity index (χ1n) is 8.58. The van der Waals surface area contributed by atoms with Crippen molar-refractivity contribution >= 4 is 67.4 Å². The van der Waals surface area contributed by atoms with Crippen LogP contribution in [0.3, 0.4) is 0 Å². The summed E-state index contributed by atoms with van der Waals surface area (Å²) in [6.07, 6.45) is -1.93. The number of carbonyl (C=O) groups is 2. The predicted octanol–water partition coefficient (Wildman–Crippen LogP) is -1.48. The van der Waals surface area contributed by atoms with Crippen LogP contribution in [-0.2, 0) is 32.7 Å². The van der Waals surface area contributed by atoms with Crippen LogP contribution in [0.25, 0.3) is 0 Å². The summed E-state index contributed by atoms with van der Waals surface area (Å²) in [6, 6.07) is -0.980. The van der Waals surface area contributed by atoms with Crippen molar-refractivity contribution in [2.75, 3.05) is 6.61 Å². The molecule has 0 aromatic rings. The quantitative estimate of drug-likeness (QED) is 0.299. The zero-order valence-corrected chi connectivity index (χ0v) is 18.6. The van der Waals surface area contributed by atoms with Gasteiger partial charge in [-0.3, -0.25) is 28.5 Å². The average molecular weight is 438 g/mol. The van der Waals surface area contributed by atoms with E-state index in [1.165, 1.54) is 11.2 Å². The molecule has 3 N–H and O–H groups in total. The van der Waals surface area contributed by atoms with Crippen LogP contribution in [-0.4, -0.2) is 107 Å². The third-order valence-electron chi connectivity index (χ3n) is 4.48. The van der Waals surface area contributed by atoms with Gasteiger partial charge < -0.3 is 20.1 Å². The number of ether oxygens (including phenoxy) is 2. The molecular formula is C14H18N5NaO8P. The number of nitrogens with two attached hydrogens (primary N) is 1. The van der Waals surface area contributed by atoms with Crippen molar-refractivity contribution in [3.63, 3.8) is 0 Å². The van der Waals surface area contributed by atoms with Crippen molar-refractivity contribution in [3.8, 4) is 0 Å². The number of amidine groups is 1. The molecule has 153 valence electrons. The summed E-state index contributed by atoms with van der Waals surface area (Å²) in [5.41, 5.74) is 5.57. The van der Waals surface area contributed by atoms with E-state index in [9.17, 15) is 19.0 Å². The van der Waals surface area contributed by atoms with Gasteiger partial charge >= 0.3 is 13.8 Å². The summed E-state index contributed by atoms with van der Waals surface area (Å²) in [7, 11) is -4.31. The largest absolute Gasteiger partial charge is 0.472 e. The minimum atomic E-state index is -4.31. The second-order valence-electron chi connectivity index (χ2n) is 6.46. The monoisotopic (exact) mass is 438 g/mol. The smallest absolute Gasteiger partial charge is 0.455 e. The number of phosphoric acid groups is 1. The van der Waals surface area contributed by atoms with Gasteiger partial charge in [0.05, 0.1) is 12.9 Å². The Morgan fingerprint density at radius 3 is 2.97 bits per heavy atom.